The minimum atomic E-state index is -0.710. The second-order valence-corrected chi connectivity index (χ2v) is 2.49. The number of hydrogen-bond acceptors (Lipinski definition) is 4. The van der Waals surface area contributed by atoms with Gasteiger partial charge in [0.2, 0.25) is 0 Å². The summed E-state index contributed by atoms with van der Waals surface area (Å²) in [6, 6.07) is 0. The molecule has 1 N–H and O–H groups in total. The van der Waals surface area contributed by atoms with Gasteiger partial charge in [0, 0.05) is 6.42 Å². The molecular formula is C7H10O4. The topological polar surface area (TPSA) is 63.6 Å². The summed E-state index contributed by atoms with van der Waals surface area (Å²) in [6.07, 6.45) is -0.202. The van der Waals surface area contributed by atoms with E-state index in [2.05, 4.69) is 8.83 Å². The zero-order valence-corrected chi connectivity index (χ0v) is 6.46. The van der Waals surface area contributed by atoms with Gasteiger partial charge < -0.3 is 13.9 Å². The van der Waals surface area contributed by atoms with Crippen LogP contribution in [0.15, 0.2) is 13.6 Å². The molecule has 4 nitrogen and oxygen atoms in total. The lowest BCUT2D eigenvalue weighted by molar-refractivity contribution is 0.186. The molecule has 62 valence electrons. The quantitative estimate of drug-likeness (QED) is 0.679. The highest BCUT2D eigenvalue weighted by Gasteiger charge is 2.09. The van der Waals surface area contributed by atoms with E-state index in [4.69, 9.17) is 5.11 Å². The standard InChI is InChI=1S/C7H10O4/c1-4(8)3-6-5(2)10-7(9)11-6/h4,8H,3H2,1-2H3. The van der Waals surface area contributed by atoms with E-state index in [1.54, 1.807) is 13.8 Å². The van der Waals surface area contributed by atoms with Crippen molar-refractivity contribution in [2.75, 3.05) is 0 Å². The van der Waals surface area contributed by atoms with Gasteiger partial charge in [-0.2, -0.15) is 0 Å². The highest BCUT2D eigenvalue weighted by molar-refractivity contribution is 5.01. The summed E-state index contributed by atoms with van der Waals surface area (Å²) in [7, 11) is 0. The number of aryl methyl sites for hydroxylation is 1. The van der Waals surface area contributed by atoms with Crippen LogP contribution < -0.4 is 5.82 Å². The first-order valence-electron chi connectivity index (χ1n) is 3.37. The first-order valence-corrected chi connectivity index (χ1v) is 3.37. The van der Waals surface area contributed by atoms with Crippen LogP contribution in [0.4, 0.5) is 0 Å². The predicted octanol–water partition coefficient (Wildman–Crippen LogP) is 0.465. The molecule has 1 unspecified atom stereocenters. The molecule has 1 heterocycles. The number of rotatable bonds is 2. The van der Waals surface area contributed by atoms with Gasteiger partial charge in [-0.05, 0) is 13.8 Å². The van der Waals surface area contributed by atoms with E-state index in [0.717, 1.165) is 0 Å². The van der Waals surface area contributed by atoms with Gasteiger partial charge in [0.25, 0.3) is 0 Å². The molecule has 1 rings (SSSR count). The molecule has 0 aliphatic carbocycles. The third kappa shape index (κ3) is 1.94. The van der Waals surface area contributed by atoms with E-state index in [-0.39, 0.29) is 0 Å². The van der Waals surface area contributed by atoms with Crippen LogP contribution >= 0.6 is 0 Å². The lowest BCUT2D eigenvalue weighted by atomic mass is 10.2. The predicted molar refractivity (Wildman–Crippen MR) is 37.4 cm³/mol. The molecule has 0 aliphatic rings. The van der Waals surface area contributed by atoms with Crippen LogP contribution in [0.25, 0.3) is 0 Å². The number of hydrogen-bond donors (Lipinski definition) is 1. The Morgan fingerprint density at radius 1 is 1.55 bits per heavy atom. The Morgan fingerprint density at radius 3 is 2.55 bits per heavy atom. The minimum Gasteiger partial charge on any atom is -0.396 e. The van der Waals surface area contributed by atoms with Gasteiger partial charge in [0.15, 0.2) is 5.76 Å². The first kappa shape index (κ1) is 8.07. The van der Waals surface area contributed by atoms with Gasteiger partial charge in [0.1, 0.15) is 5.76 Å². The van der Waals surface area contributed by atoms with Crippen molar-refractivity contribution in [3.05, 3.63) is 22.1 Å². The smallest absolute Gasteiger partial charge is 0.396 e. The molecule has 1 aromatic heterocycles. The second kappa shape index (κ2) is 2.92. The second-order valence-electron chi connectivity index (χ2n) is 2.49. The van der Waals surface area contributed by atoms with Gasteiger partial charge in [-0.25, -0.2) is 4.79 Å². The Morgan fingerprint density at radius 2 is 2.18 bits per heavy atom. The molecule has 11 heavy (non-hydrogen) atoms. The molecule has 1 aromatic rings. The number of aliphatic hydroxyl groups excluding tert-OH is 1. The molecule has 4 heteroatoms. The molecule has 0 saturated heterocycles. The van der Waals surface area contributed by atoms with Crippen LogP contribution in [-0.2, 0) is 6.42 Å². The largest absolute Gasteiger partial charge is 0.519 e. The van der Waals surface area contributed by atoms with Crippen LogP contribution in [0.3, 0.4) is 0 Å². The average molecular weight is 158 g/mol. The minimum absolute atomic E-state index is 0.317. The summed E-state index contributed by atoms with van der Waals surface area (Å²) >= 11 is 0. The van der Waals surface area contributed by atoms with Crippen LogP contribution in [-0.4, -0.2) is 11.2 Å². The van der Waals surface area contributed by atoms with Crippen LogP contribution in [0.1, 0.15) is 18.4 Å². The first-order chi connectivity index (χ1) is 5.09. The molecule has 0 aromatic carbocycles. The Balaban J connectivity index is 2.86. The summed E-state index contributed by atoms with van der Waals surface area (Å²) < 4.78 is 9.22. The summed E-state index contributed by atoms with van der Waals surface area (Å²) in [4.78, 5) is 10.5. The maximum Gasteiger partial charge on any atom is 0.519 e. The van der Waals surface area contributed by atoms with E-state index < -0.39 is 11.9 Å². The molecule has 0 aliphatic heterocycles. The zero-order chi connectivity index (χ0) is 8.43. The molecule has 0 radical (unpaired) electrons. The van der Waals surface area contributed by atoms with Crippen LogP contribution in [0.5, 0.6) is 0 Å². The maximum absolute atomic E-state index is 10.5. The fourth-order valence-corrected chi connectivity index (χ4v) is 0.829. The van der Waals surface area contributed by atoms with E-state index >= 15 is 0 Å². The Labute approximate surface area is 63.4 Å². The molecule has 0 saturated carbocycles. The van der Waals surface area contributed by atoms with Crippen LogP contribution in [0, 0.1) is 6.92 Å². The molecule has 0 fully saturated rings. The zero-order valence-electron chi connectivity index (χ0n) is 6.46. The van der Waals surface area contributed by atoms with Gasteiger partial charge in [0.05, 0.1) is 6.10 Å². The van der Waals surface area contributed by atoms with Crippen LogP contribution in [0.2, 0.25) is 0 Å². The molecular weight excluding hydrogens is 148 g/mol. The van der Waals surface area contributed by atoms with Crippen molar-refractivity contribution in [1.82, 2.24) is 0 Å². The Bertz CT molecular complexity index is 281. The van der Waals surface area contributed by atoms with Crippen molar-refractivity contribution in [1.29, 1.82) is 0 Å². The average Bonchev–Trinajstić information content (AvgIpc) is 2.09. The molecule has 0 bridgehead atoms. The Kier molecular flexibility index (Phi) is 2.14. The van der Waals surface area contributed by atoms with Crippen molar-refractivity contribution in [2.24, 2.45) is 0 Å². The fourth-order valence-electron chi connectivity index (χ4n) is 0.829. The maximum atomic E-state index is 10.5. The van der Waals surface area contributed by atoms with Gasteiger partial charge >= 0.3 is 5.82 Å². The lowest BCUT2D eigenvalue weighted by Gasteiger charge is -1.97. The van der Waals surface area contributed by atoms with Crippen molar-refractivity contribution >= 4 is 0 Å². The number of aliphatic hydroxyl groups is 1. The van der Waals surface area contributed by atoms with Crippen molar-refractivity contribution in [3.63, 3.8) is 0 Å². The Hall–Kier alpha value is -1.03. The normalized spacial score (nSPS) is 13.4. The molecule has 0 amide bonds. The van der Waals surface area contributed by atoms with E-state index in [0.29, 0.717) is 17.9 Å². The van der Waals surface area contributed by atoms with Gasteiger partial charge in [-0.15, -0.1) is 0 Å². The van der Waals surface area contributed by atoms with E-state index in [1.165, 1.54) is 0 Å². The van der Waals surface area contributed by atoms with Crippen molar-refractivity contribution < 1.29 is 13.9 Å². The van der Waals surface area contributed by atoms with Crippen molar-refractivity contribution in [3.8, 4) is 0 Å². The van der Waals surface area contributed by atoms with E-state index in [1.807, 2.05) is 0 Å². The van der Waals surface area contributed by atoms with Gasteiger partial charge in [-0.3, -0.25) is 0 Å². The summed E-state index contributed by atoms with van der Waals surface area (Å²) in [5, 5.41) is 8.94. The van der Waals surface area contributed by atoms with Crippen molar-refractivity contribution in [2.45, 2.75) is 26.4 Å². The lowest BCUT2D eigenvalue weighted by Crippen LogP contribution is -2.04. The molecule has 1 atom stereocenters. The highest BCUT2D eigenvalue weighted by atomic mass is 16.6. The molecule has 0 spiro atoms. The summed E-state index contributed by atoms with van der Waals surface area (Å²) in [5.74, 6) is 0.152. The monoisotopic (exact) mass is 158 g/mol. The summed E-state index contributed by atoms with van der Waals surface area (Å²) in [6.45, 7) is 3.25. The highest BCUT2D eigenvalue weighted by Crippen LogP contribution is 2.07. The third-order valence-electron chi connectivity index (χ3n) is 1.32. The summed E-state index contributed by atoms with van der Waals surface area (Å²) in [5.41, 5.74) is 0. The van der Waals surface area contributed by atoms with Gasteiger partial charge in [-0.1, -0.05) is 0 Å². The SMILES string of the molecule is Cc1oc(=O)oc1CC(C)O. The van der Waals surface area contributed by atoms with E-state index in [9.17, 15) is 4.79 Å². The fraction of sp³-hybridized carbons (Fsp3) is 0.571. The third-order valence-corrected chi connectivity index (χ3v) is 1.32.